The van der Waals surface area contributed by atoms with Crippen molar-refractivity contribution in [1.29, 1.82) is 0 Å². The van der Waals surface area contributed by atoms with E-state index in [4.69, 9.17) is 32.7 Å². The molecule has 3 aromatic rings. The molecule has 1 N–H and O–H groups in total. The van der Waals surface area contributed by atoms with Crippen LogP contribution >= 0.6 is 50.9 Å². The molecule has 0 atom stereocenters. The summed E-state index contributed by atoms with van der Waals surface area (Å²) in [6, 6.07) is 10.6. The van der Waals surface area contributed by atoms with Crippen molar-refractivity contribution in [2.24, 2.45) is 5.10 Å². The summed E-state index contributed by atoms with van der Waals surface area (Å²) in [6.45, 7) is 4.01. The first-order valence-electron chi connectivity index (χ1n) is 9.96. The van der Waals surface area contributed by atoms with Crippen LogP contribution in [0.4, 0.5) is 0 Å². The predicted octanol–water partition coefficient (Wildman–Crippen LogP) is 5.99. The van der Waals surface area contributed by atoms with Crippen LogP contribution in [-0.2, 0) is 11.4 Å². The SMILES string of the molecule is COc1cc(/C=N\NC(=O)CSc2nc(C)cc(C)n2)cc(Br)c1OCc1ccc(Cl)cc1Cl. The van der Waals surface area contributed by atoms with Crippen LogP contribution in [0.1, 0.15) is 22.5 Å². The molecule has 0 aliphatic rings. The number of benzene rings is 2. The monoisotopic (exact) mass is 582 g/mol. The molecule has 0 aliphatic carbocycles. The fourth-order valence-corrected chi connectivity index (χ4v) is 4.62. The van der Waals surface area contributed by atoms with Gasteiger partial charge in [-0.05, 0) is 65.7 Å². The Morgan fingerprint density at radius 2 is 1.91 bits per heavy atom. The minimum absolute atomic E-state index is 0.146. The normalized spacial score (nSPS) is 11.0. The highest BCUT2D eigenvalue weighted by molar-refractivity contribution is 9.10. The van der Waals surface area contributed by atoms with Crippen molar-refractivity contribution in [1.82, 2.24) is 15.4 Å². The fraction of sp³-hybridized carbons (Fsp3) is 0.217. The number of hydrogen-bond acceptors (Lipinski definition) is 7. The number of nitrogens with one attached hydrogen (secondary N) is 1. The molecule has 3 rings (SSSR count). The van der Waals surface area contributed by atoms with Gasteiger partial charge in [0, 0.05) is 27.0 Å². The van der Waals surface area contributed by atoms with Gasteiger partial charge >= 0.3 is 0 Å². The van der Waals surface area contributed by atoms with Gasteiger partial charge in [-0.1, -0.05) is 41.0 Å². The zero-order valence-corrected chi connectivity index (χ0v) is 22.5. The summed E-state index contributed by atoms with van der Waals surface area (Å²) in [6.07, 6.45) is 1.52. The number of carbonyl (C=O) groups is 1. The maximum atomic E-state index is 12.1. The van der Waals surface area contributed by atoms with Crippen LogP contribution < -0.4 is 14.9 Å². The van der Waals surface area contributed by atoms with Crippen molar-refractivity contribution in [3.05, 3.63) is 73.4 Å². The first-order chi connectivity index (χ1) is 16.2. The molecule has 11 heteroatoms. The molecule has 0 saturated heterocycles. The number of carbonyl (C=O) groups excluding carboxylic acids is 1. The highest BCUT2D eigenvalue weighted by atomic mass is 79.9. The summed E-state index contributed by atoms with van der Waals surface area (Å²) in [5.41, 5.74) is 5.71. The van der Waals surface area contributed by atoms with Gasteiger partial charge in [0.1, 0.15) is 6.61 Å². The van der Waals surface area contributed by atoms with E-state index in [-0.39, 0.29) is 18.3 Å². The molecule has 0 fully saturated rings. The molecule has 0 radical (unpaired) electrons. The Hall–Kier alpha value is -2.33. The fourth-order valence-electron chi connectivity index (χ4n) is 2.84. The molecule has 0 bridgehead atoms. The van der Waals surface area contributed by atoms with E-state index >= 15 is 0 Å². The van der Waals surface area contributed by atoms with Crippen molar-refractivity contribution in [3.63, 3.8) is 0 Å². The smallest absolute Gasteiger partial charge is 0.250 e. The van der Waals surface area contributed by atoms with Gasteiger partial charge in [0.05, 0.1) is 23.5 Å². The lowest BCUT2D eigenvalue weighted by Crippen LogP contribution is -2.19. The topological polar surface area (TPSA) is 85.7 Å². The second kappa shape index (κ2) is 12.4. The first kappa shape index (κ1) is 26.3. The number of amides is 1. The summed E-state index contributed by atoms with van der Waals surface area (Å²) in [5.74, 6) is 0.886. The van der Waals surface area contributed by atoms with Crippen molar-refractivity contribution >= 4 is 63.0 Å². The Labute approximate surface area is 220 Å². The van der Waals surface area contributed by atoms with E-state index in [1.165, 1.54) is 18.0 Å². The number of methoxy groups -OCH3 is 1. The average molecular weight is 584 g/mol. The average Bonchev–Trinajstić information content (AvgIpc) is 2.77. The number of ether oxygens (including phenoxy) is 2. The lowest BCUT2D eigenvalue weighted by Gasteiger charge is -2.14. The summed E-state index contributed by atoms with van der Waals surface area (Å²) in [4.78, 5) is 20.7. The molecule has 1 aromatic heterocycles. The van der Waals surface area contributed by atoms with Crippen molar-refractivity contribution < 1.29 is 14.3 Å². The lowest BCUT2D eigenvalue weighted by atomic mass is 10.2. The molecular formula is C23H21BrCl2N4O3S. The van der Waals surface area contributed by atoms with Crippen LogP contribution in [0.25, 0.3) is 0 Å². The van der Waals surface area contributed by atoms with Gasteiger partial charge in [0.15, 0.2) is 16.7 Å². The zero-order chi connectivity index (χ0) is 24.7. The third kappa shape index (κ3) is 7.59. The maximum absolute atomic E-state index is 12.1. The summed E-state index contributed by atoms with van der Waals surface area (Å²) < 4.78 is 12.0. The van der Waals surface area contributed by atoms with E-state index < -0.39 is 0 Å². The van der Waals surface area contributed by atoms with Crippen LogP contribution in [0, 0.1) is 13.8 Å². The second-order valence-electron chi connectivity index (χ2n) is 7.07. The largest absolute Gasteiger partial charge is 0.493 e. The maximum Gasteiger partial charge on any atom is 0.250 e. The third-order valence-electron chi connectivity index (χ3n) is 4.34. The third-order valence-corrected chi connectivity index (χ3v) is 6.36. The van der Waals surface area contributed by atoms with Crippen LogP contribution in [0.2, 0.25) is 10.0 Å². The number of aromatic nitrogens is 2. The van der Waals surface area contributed by atoms with E-state index in [9.17, 15) is 4.79 Å². The Kier molecular flexibility index (Phi) is 9.58. The van der Waals surface area contributed by atoms with E-state index in [1.807, 2.05) is 19.9 Å². The molecule has 0 aliphatic heterocycles. The molecule has 34 heavy (non-hydrogen) atoms. The molecule has 0 unspecified atom stereocenters. The van der Waals surface area contributed by atoms with Crippen molar-refractivity contribution in [2.45, 2.75) is 25.6 Å². The van der Waals surface area contributed by atoms with E-state index in [2.05, 4.69) is 36.4 Å². The van der Waals surface area contributed by atoms with Gasteiger partial charge in [-0.3, -0.25) is 4.79 Å². The molecule has 0 spiro atoms. The standard InChI is InChI=1S/C23H21BrCl2N4O3S/c1-13-6-14(2)29-23(28-13)34-12-21(31)30-27-10-15-7-18(24)22(20(8-15)32-3)33-11-16-4-5-17(25)9-19(16)26/h4-10H,11-12H2,1-3H3,(H,30,31)/b27-10-. The van der Waals surface area contributed by atoms with E-state index in [0.717, 1.165) is 17.0 Å². The van der Waals surface area contributed by atoms with E-state index in [0.29, 0.717) is 36.7 Å². The Bertz CT molecular complexity index is 1210. The van der Waals surface area contributed by atoms with Gasteiger partial charge in [-0.25, -0.2) is 15.4 Å². The molecule has 1 heterocycles. The Balaban J connectivity index is 1.60. The van der Waals surface area contributed by atoms with Gasteiger partial charge in [-0.2, -0.15) is 5.10 Å². The van der Waals surface area contributed by atoms with Crippen molar-refractivity contribution in [3.8, 4) is 11.5 Å². The van der Waals surface area contributed by atoms with Crippen LogP contribution in [0.3, 0.4) is 0 Å². The minimum Gasteiger partial charge on any atom is -0.493 e. The van der Waals surface area contributed by atoms with Crippen molar-refractivity contribution in [2.75, 3.05) is 12.9 Å². The van der Waals surface area contributed by atoms with Gasteiger partial charge in [0.2, 0.25) is 0 Å². The number of nitrogens with zero attached hydrogens (tertiary/aromatic N) is 3. The predicted molar refractivity (Wildman–Crippen MR) is 139 cm³/mol. The lowest BCUT2D eigenvalue weighted by molar-refractivity contribution is -0.118. The molecular weight excluding hydrogens is 563 g/mol. The van der Waals surface area contributed by atoms with Crippen LogP contribution in [0.5, 0.6) is 11.5 Å². The zero-order valence-electron chi connectivity index (χ0n) is 18.6. The Morgan fingerprint density at radius 1 is 1.18 bits per heavy atom. The van der Waals surface area contributed by atoms with Gasteiger partial charge < -0.3 is 9.47 Å². The summed E-state index contributed by atoms with van der Waals surface area (Å²) >= 11 is 16.9. The number of halogens is 3. The quantitative estimate of drug-likeness (QED) is 0.144. The molecule has 2 aromatic carbocycles. The summed E-state index contributed by atoms with van der Waals surface area (Å²) in [5, 5.41) is 5.65. The summed E-state index contributed by atoms with van der Waals surface area (Å²) in [7, 11) is 1.54. The number of hydrazone groups is 1. The number of aryl methyl sites for hydroxylation is 2. The second-order valence-corrected chi connectivity index (χ2v) is 9.71. The van der Waals surface area contributed by atoms with Gasteiger partial charge in [0.25, 0.3) is 5.91 Å². The molecule has 7 nitrogen and oxygen atoms in total. The first-order valence-corrected chi connectivity index (χ1v) is 12.5. The molecule has 1 amide bonds. The highest BCUT2D eigenvalue weighted by Gasteiger charge is 2.13. The number of thioether (sulfide) groups is 1. The molecule has 178 valence electrons. The number of hydrogen-bond donors (Lipinski definition) is 1. The highest BCUT2D eigenvalue weighted by Crippen LogP contribution is 2.37. The Morgan fingerprint density at radius 3 is 2.59 bits per heavy atom. The number of rotatable bonds is 9. The molecule has 0 saturated carbocycles. The van der Waals surface area contributed by atoms with E-state index in [1.54, 1.807) is 37.4 Å². The minimum atomic E-state index is -0.269. The van der Waals surface area contributed by atoms with Gasteiger partial charge in [-0.15, -0.1) is 0 Å². The van der Waals surface area contributed by atoms with Crippen LogP contribution in [0.15, 0.2) is 51.1 Å². The van der Waals surface area contributed by atoms with Crippen LogP contribution in [-0.4, -0.2) is 35.0 Å².